The van der Waals surface area contributed by atoms with Crippen LogP contribution in [0, 0.1) is 0 Å². The minimum absolute atomic E-state index is 0.418. The lowest BCUT2D eigenvalue weighted by molar-refractivity contribution is -0.144. The van der Waals surface area contributed by atoms with Gasteiger partial charge in [-0.1, -0.05) is 12.1 Å². The number of hydrogen-bond acceptors (Lipinski definition) is 4. The van der Waals surface area contributed by atoms with Crippen LogP contribution >= 0.6 is 0 Å². The average Bonchev–Trinajstić information content (AvgIpc) is 2.36. The molecule has 1 aromatic rings. The maximum atomic E-state index is 11.9. The van der Waals surface area contributed by atoms with Crippen molar-refractivity contribution >= 4 is 12.1 Å². The first-order valence-corrected chi connectivity index (χ1v) is 6.47. The fourth-order valence-corrected chi connectivity index (χ4v) is 1.68. The summed E-state index contributed by atoms with van der Waals surface area (Å²) in [5.41, 5.74) is -1.88. The second-order valence-electron chi connectivity index (χ2n) is 5.79. The summed E-state index contributed by atoms with van der Waals surface area (Å²) in [4.78, 5) is 23.4. The number of carbonyl (C=O) groups is 2. The van der Waals surface area contributed by atoms with Gasteiger partial charge in [0.2, 0.25) is 0 Å². The van der Waals surface area contributed by atoms with E-state index in [1.54, 1.807) is 45.0 Å². The zero-order chi connectivity index (χ0) is 16.3. The lowest BCUT2D eigenvalue weighted by Crippen LogP contribution is -2.51. The molecule has 1 atom stereocenters. The lowest BCUT2D eigenvalue weighted by Gasteiger charge is -2.29. The molecule has 1 unspecified atom stereocenters. The number of methoxy groups -OCH3 is 1. The molecule has 0 saturated heterocycles. The number of rotatable bonds is 4. The Hall–Kier alpha value is -2.24. The van der Waals surface area contributed by atoms with Crippen molar-refractivity contribution < 1.29 is 24.2 Å². The second-order valence-corrected chi connectivity index (χ2v) is 5.79. The maximum absolute atomic E-state index is 11.9. The van der Waals surface area contributed by atoms with E-state index in [1.165, 1.54) is 14.0 Å². The largest absolute Gasteiger partial charge is 0.497 e. The SMILES string of the molecule is COc1ccc(C(C)(NC(=O)OC(C)(C)C)C(=O)O)cc1. The molecule has 0 aliphatic rings. The van der Waals surface area contributed by atoms with Gasteiger partial charge in [0.15, 0.2) is 5.54 Å². The molecule has 0 aliphatic carbocycles. The first kappa shape index (κ1) is 16.8. The van der Waals surface area contributed by atoms with Crippen LogP contribution in [0.4, 0.5) is 4.79 Å². The predicted octanol–water partition coefficient (Wildman–Crippen LogP) is 2.52. The smallest absolute Gasteiger partial charge is 0.408 e. The highest BCUT2D eigenvalue weighted by Crippen LogP contribution is 2.24. The zero-order valence-corrected chi connectivity index (χ0v) is 12.9. The summed E-state index contributed by atoms with van der Waals surface area (Å²) in [5, 5.41) is 11.9. The van der Waals surface area contributed by atoms with Gasteiger partial charge in [-0.15, -0.1) is 0 Å². The molecule has 1 rings (SSSR count). The van der Waals surface area contributed by atoms with E-state index in [2.05, 4.69) is 5.32 Å². The molecular formula is C15H21NO5. The topological polar surface area (TPSA) is 84.9 Å². The number of ether oxygens (including phenoxy) is 2. The molecule has 6 heteroatoms. The third-order valence-electron chi connectivity index (χ3n) is 2.85. The standard InChI is InChI=1S/C15H21NO5/c1-14(2,3)21-13(19)16-15(4,12(17)18)10-6-8-11(20-5)9-7-10/h6-9H,1-5H3,(H,16,19)(H,17,18). The van der Waals surface area contributed by atoms with E-state index in [-0.39, 0.29) is 0 Å². The summed E-state index contributed by atoms with van der Waals surface area (Å²) in [6.07, 6.45) is -0.789. The molecule has 0 heterocycles. The highest BCUT2D eigenvalue weighted by Gasteiger charge is 2.38. The lowest BCUT2D eigenvalue weighted by atomic mass is 9.92. The fourth-order valence-electron chi connectivity index (χ4n) is 1.68. The van der Waals surface area contributed by atoms with E-state index in [9.17, 15) is 14.7 Å². The van der Waals surface area contributed by atoms with Crippen LogP contribution in [0.1, 0.15) is 33.3 Å². The second kappa shape index (κ2) is 6.03. The van der Waals surface area contributed by atoms with E-state index in [0.29, 0.717) is 11.3 Å². The quantitative estimate of drug-likeness (QED) is 0.891. The van der Waals surface area contributed by atoms with E-state index in [0.717, 1.165) is 0 Å². The molecule has 1 amide bonds. The van der Waals surface area contributed by atoms with E-state index >= 15 is 0 Å². The van der Waals surface area contributed by atoms with Crippen LogP contribution in [0.2, 0.25) is 0 Å². The first-order valence-electron chi connectivity index (χ1n) is 6.47. The monoisotopic (exact) mass is 295 g/mol. The molecule has 0 radical (unpaired) electrons. The van der Waals surface area contributed by atoms with Crippen molar-refractivity contribution in [2.75, 3.05) is 7.11 Å². The van der Waals surface area contributed by atoms with Crippen LogP contribution in [0.25, 0.3) is 0 Å². The van der Waals surface area contributed by atoms with Crippen molar-refractivity contribution in [2.45, 2.75) is 38.8 Å². The number of aliphatic carboxylic acids is 1. The van der Waals surface area contributed by atoms with Gasteiger partial charge >= 0.3 is 12.1 Å². The number of carbonyl (C=O) groups excluding carboxylic acids is 1. The number of nitrogens with one attached hydrogen (secondary N) is 1. The van der Waals surface area contributed by atoms with E-state index in [1.807, 2.05) is 0 Å². The minimum Gasteiger partial charge on any atom is -0.497 e. The van der Waals surface area contributed by atoms with Gasteiger partial charge in [-0.3, -0.25) is 0 Å². The number of carboxylic acids is 1. The Kier molecular flexibility index (Phi) is 4.83. The van der Waals surface area contributed by atoms with Gasteiger partial charge in [-0.05, 0) is 45.4 Å². The average molecular weight is 295 g/mol. The van der Waals surface area contributed by atoms with Crippen molar-refractivity contribution in [2.24, 2.45) is 0 Å². The fraction of sp³-hybridized carbons (Fsp3) is 0.467. The molecule has 116 valence electrons. The van der Waals surface area contributed by atoms with E-state index in [4.69, 9.17) is 9.47 Å². The van der Waals surface area contributed by atoms with Gasteiger partial charge in [0.25, 0.3) is 0 Å². The molecular weight excluding hydrogens is 274 g/mol. The zero-order valence-electron chi connectivity index (χ0n) is 12.9. The van der Waals surface area contributed by atoms with Crippen LogP contribution in [-0.2, 0) is 15.1 Å². The van der Waals surface area contributed by atoms with Gasteiger partial charge in [-0.25, -0.2) is 9.59 Å². The molecule has 0 aromatic heterocycles. The molecule has 0 aliphatic heterocycles. The Morgan fingerprint density at radius 1 is 1.10 bits per heavy atom. The predicted molar refractivity (Wildman–Crippen MR) is 77.4 cm³/mol. The molecule has 6 nitrogen and oxygen atoms in total. The third-order valence-corrected chi connectivity index (χ3v) is 2.85. The molecule has 0 fully saturated rings. The van der Waals surface area contributed by atoms with Crippen molar-refractivity contribution in [3.8, 4) is 5.75 Å². The normalized spacial score (nSPS) is 14.0. The van der Waals surface area contributed by atoms with Crippen LogP contribution < -0.4 is 10.1 Å². The number of carboxylic acid groups (broad SMARTS) is 1. The minimum atomic E-state index is -1.59. The summed E-state index contributed by atoms with van der Waals surface area (Å²) in [6, 6.07) is 6.44. The number of benzene rings is 1. The van der Waals surface area contributed by atoms with Gasteiger partial charge in [0.05, 0.1) is 7.11 Å². The molecule has 21 heavy (non-hydrogen) atoms. The molecule has 0 bridgehead atoms. The van der Waals surface area contributed by atoms with Crippen molar-refractivity contribution in [3.63, 3.8) is 0 Å². The van der Waals surface area contributed by atoms with Gasteiger partial charge in [0, 0.05) is 0 Å². The van der Waals surface area contributed by atoms with Crippen LogP contribution in [0.15, 0.2) is 24.3 Å². The summed E-state index contributed by atoms with van der Waals surface area (Å²) < 4.78 is 10.1. The highest BCUT2D eigenvalue weighted by molar-refractivity contribution is 5.85. The van der Waals surface area contributed by atoms with Gasteiger partial charge < -0.3 is 19.9 Å². The Labute approximate surface area is 124 Å². The number of alkyl carbamates (subject to hydrolysis) is 1. The molecule has 2 N–H and O–H groups in total. The van der Waals surface area contributed by atoms with Crippen molar-refractivity contribution in [1.82, 2.24) is 5.32 Å². The third kappa shape index (κ3) is 4.37. The van der Waals surface area contributed by atoms with E-state index < -0.39 is 23.2 Å². The summed E-state index contributed by atoms with van der Waals surface area (Å²) >= 11 is 0. The van der Waals surface area contributed by atoms with Crippen molar-refractivity contribution in [3.05, 3.63) is 29.8 Å². The Balaban J connectivity index is 3.02. The van der Waals surface area contributed by atoms with Crippen molar-refractivity contribution in [1.29, 1.82) is 0 Å². The van der Waals surface area contributed by atoms with Gasteiger partial charge in [0.1, 0.15) is 11.4 Å². The Morgan fingerprint density at radius 3 is 2.00 bits per heavy atom. The van der Waals surface area contributed by atoms with Crippen LogP contribution in [-0.4, -0.2) is 29.9 Å². The molecule has 0 spiro atoms. The van der Waals surface area contributed by atoms with Crippen LogP contribution in [0.3, 0.4) is 0 Å². The molecule has 1 aromatic carbocycles. The van der Waals surface area contributed by atoms with Crippen LogP contribution in [0.5, 0.6) is 5.75 Å². The Bertz CT molecular complexity index is 518. The number of amides is 1. The maximum Gasteiger partial charge on any atom is 0.408 e. The highest BCUT2D eigenvalue weighted by atomic mass is 16.6. The molecule has 0 saturated carbocycles. The number of hydrogen-bond donors (Lipinski definition) is 2. The first-order chi connectivity index (χ1) is 9.58. The Morgan fingerprint density at radius 2 is 1.62 bits per heavy atom. The summed E-state index contributed by atoms with van der Waals surface area (Å²) in [7, 11) is 1.52. The summed E-state index contributed by atoms with van der Waals surface area (Å²) in [5.74, 6) is -0.581. The van der Waals surface area contributed by atoms with Gasteiger partial charge in [-0.2, -0.15) is 0 Å². The summed E-state index contributed by atoms with van der Waals surface area (Å²) in [6.45, 7) is 6.52.